The predicted octanol–water partition coefficient (Wildman–Crippen LogP) is 2.38. The number of nitrogens with zero attached hydrogens (tertiary/aromatic N) is 3. The summed E-state index contributed by atoms with van der Waals surface area (Å²) in [6.07, 6.45) is 3.24. The molecule has 1 N–H and O–H groups in total. The number of aliphatic hydroxyl groups excluding tert-OH is 1. The van der Waals surface area contributed by atoms with Crippen molar-refractivity contribution < 1.29 is 19.4 Å². The Hall–Kier alpha value is -3.19. The number of hydrogen-bond acceptors (Lipinski definition) is 6. The lowest BCUT2D eigenvalue weighted by atomic mass is 9.95. The molecule has 1 saturated heterocycles. The molecule has 7 heteroatoms. The molecule has 0 bridgehead atoms. The molecular weight excluding hydrogens is 370 g/mol. The van der Waals surface area contributed by atoms with E-state index in [2.05, 4.69) is 4.98 Å². The van der Waals surface area contributed by atoms with E-state index in [-0.39, 0.29) is 11.3 Å². The molecule has 3 rings (SSSR count). The maximum atomic E-state index is 12.9. The van der Waals surface area contributed by atoms with Crippen LogP contribution in [0.15, 0.2) is 48.3 Å². The predicted molar refractivity (Wildman–Crippen MR) is 110 cm³/mol. The Morgan fingerprint density at radius 1 is 1.28 bits per heavy atom. The van der Waals surface area contributed by atoms with Crippen LogP contribution in [0.4, 0.5) is 0 Å². The van der Waals surface area contributed by atoms with Gasteiger partial charge in [0.25, 0.3) is 11.7 Å². The number of amides is 1. The van der Waals surface area contributed by atoms with Crippen molar-refractivity contribution in [2.75, 3.05) is 34.3 Å². The van der Waals surface area contributed by atoms with Gasteiger partial charge in [-0.2, -0.15) is 0 Å². The van der Waals surface area contributed by atoms with Gasteiger partial charge in [0.05, 0.1) is 18.7 Å². The molecule has 0 radical (unpaired) electrons. The molecular formula is C22H25N3O4. The summed E-state index contributed by atoms with van der Waals surface area (Å²) in [5.74, 6) is -0.830. The first-order valence-electron chi connectivity index (χ1n) is 9.33. The third-order valence-corrected chi connectivity index (χ3v) is 5.00. The van der Waals surface area contributed by atoms with Gasteiger partial charge < -0.3 is 19.6 Å². The minimum atomic E-state index is -0.691. The first kappa shape index (κ1) is 20.5. The number of ether oxygens (including phenoxy) is 1. The van der Waals surface area contributed by atoms with Crippen LogP contribution in [-0.4, -0.2) is 65.9 Å². The molecule has 1 aromatic carbocycles. The van der Waals surface area contributed by atoms with Crippen molar-refractivity contribution in [1.29, 1.82) is 0 Å². The molecule has 7 nitrogen and oxygen atoms in total. The van der Waals surface area contributed by atoms with Crippen molar-refractivity contribution in [2.24, 2.45) is 0 Å². The number of benzene rings is 1. The summed E-state index contributed by atoms with van der Waals surface area (Å²) < 4.78 is 5.27. The second kappa shape index (κ2) is 8.45. The number of aryl methyl sites for hydroxylation is 1. The highest BCUT2D eigenvalue weighted by Crippen LogP contribution is 2.39. The van der Waals surface area contributed by atoms with Crippen LogP contribution in [-0.2, 0) is 9.59 Å². The molecule has 0 spiro atoms. The first-order valence-corrected chi connectivity index (χ1v) is 9.33. The third kappa shape index (κ3) is 4.00. The van der Waals surface area contributed by atoms with E-state index in [1.807, 2.05) is 25.9 Å². The van der Waals surface area contributed by atoms with Gasteiger partial charge in [0, 0.05) is 31.0 Å². The smallest absolute Gasteiger partial charge is 0.295 e. The van der Waals surface area contributed by atoms with E-state index in [0.717, 1.165) is 5.56 Å². The average molecular weight is 395 g/mol. The zero-order chi connectivity index (χ0) is 21.1. The number of methoxy groups -OCH3 is 1. The standard InChI is InChI=1S/C22H25N3O4/c1-14-12-15(7-8-17(14)29-4)20(26)18-19(16-6-5-9-23-13-16)25(11-10-24(2)3)22(28)21(18)27/h5-9,12-13,19,26H,10-11H2,1-4H3/t19-/m1/s1. The van der Waals surface area contributed by atoms with Crippen molar-refractivity contribution in [2.45, 2.75) is 13.0 Å². The first-order chi connectivity index (χ1) is 13.8. The minimum Gasteiger partial charge on any atom is -0.507 e. The van der Waals surface area contributed by atoms with E-state index in [4.69, 9.17) is 4.74 Å². The molecule has 1 amide bonds. The monoisotopic (exact) mass is 395 g/mol. The molecule has 1 aliphatic heterocycles. The third-order valence-electron chi connectivity index (χ3n) is 5.00. The van der Waals surface area contributed by atoms with E-state index < -0.39 is 17.7 Å². The number of rotatable bonds is 6. The van der Waals surface area contributed by atoms with Gasteiger partial charge in [0.1, 0.15) is 11.5 Å². The highest BCUT2D eigenvalue weighted by atomic mass is 16.5. The van der Waals surface area contributed by atoms with Crippen molar-refractivity contribution in [3.63, 3.8) is 0 Å². The maximum absolute atomic E-state index is 12.9. The Balaban J connectivity index is 2.13. The number of pyridine rings is 1. The summed E-state index contributed by atoms with van der Waals surface area (Å²) in [5, 5.41) is 11.0. The summed E-state index contributed by atoms with van der Waals surface area (Å²) in [4.78, 5) is 33.3. The topological polar surface area (TPSA) is 83.0 Å². The van der Waals surface area contributed by atoms with E-state index in [0.29, 0.717) is 30.0 Å². The van der Waals surface area contributed by atoms with Crippen LogP contribution in [0.3, 0.4) is 0 Å². The number of Topliss-reactive ketones (excluding diaryl/α,β-unsaturated/α-hetero) is 1. The van der Waals surface area contributed by atoms with Crippen LogP contribution in [0.2, 0.25) is 0 Å². The molecule has 1 aromatic heterocycles. The molecule has 152 valence electrons. The maximum Gasteiger partial charge on any atom is 0.295 e. The number of carbonyl (C=O) groups excluding carboxylic acids is 2. The molecule has 0 aliphatic carbocycles. The van der Waals surface area contributed by atoms with E-state index >= 15 is 0 Å². The molecule has 2 heterocycles. The average Bonchev–Trinajstić information content (AvgIpc) is 2.97. The fourth-order valence-electron chi connectivity index (χ4n) is 3.48. The number of aliphatic hydroxyl groups is 1. The molecule has 29 heavy (non-hydrogen) atoms. The lowest BCUT2D eigenvalue weighted by molar-refractivity contribution is -0.140. The lowest BCUT2D eigenvalue weighted by Crippen LogP contribution is -2.35. The fourth-order valence-corrected chi connectivity index (χ4v) is 3.48. The van der Waals surface area contributed by atoms with Crippen LogP contribution in [0.25, 0.3) is 5.76 Å². The normalized spacial score (nSPS) is 18.5. The van der Waals surface area contributed by atoms with Crippen LogP contribution in [0, 0.1) is 6.92 Å². The molecule has 1 fully saturated rings. The number of likely N-dealkylation sites (N-methyl/N-ethyl adjacent to an activating group) is 1. The number of likely N-dealkylation sites (tertiary alicyclic amines) is 1. The van der Waals surface area contributed by atoms with Crippen LogP contribution >= 0.6 is 0 Å². The zero-order valence-electron chi connectivity index (χ0n) is 17.0. The summed E-state index contributed by atoms with van der Waals surface area (Å²) in [6.45, 7) is 2.80. The molecule has 1 atom stereocenters. The van der Waals surface area contributed by atoms with Crippen molar-refractivity contribution in [3.05, 3.63) is 65.0 Å². The molecule has 2 aromatic rings. The quantitative estimate of drug-likeness (QED) is 0.459. The fraction of sp³-hybridized carbons (Fsp3) is 0.318. The summed E-state index contributed by atoms with van der Waals surface area (Å²) in [6, 6.07) is 8.01. The zero-order valence-corrected chi connectivity index (χ0v) is 17.0. The summed E-state index contributed by atoms with van der Waals surface area (Å²) in [7, 11) is 5.37. The van der Waals surface area contributed by atoms with Crippen LogP contribution in [0.5, 0.6) is 5.75 Å². The van der Waals surface area contributed by atoms with E-state index in [9.17, 15) is 14.7 Å². The second-order valence-electron chi connectivity index (χ2n) is 7.27. The van der Waals surface area contributed by atoms with Gasteiger partial charge in [0.15, 0.2) is 0 Å². The number of hydrogen-bond donors (Lipinski definition) is 1. The van der Waals surface area contributed by atoms with Gasteiger partial charge in [0.2, 0.25) is 0 Å². The molecule has 0 unspecified atom stereocenters. The van der Waals surface area contributed by atoms with Crippen LogP contribution < -0.4 is 4.74 Å². The van der Waals surface area contributed by atoms with Gasteiger partial charge >= 0.3 is 0 Å². The van der Waals surface area contributed by atoms with Gasteiger partial charge in [-0.05, 0) is 56.4 Å². The highest BCUT2D eigenvalue weighted by molar-refractivity contribution is 6.46. The highest BCUT2D eigenvalue weighted by Gasteiger charge is 2.46. The number of carbonyl (C=O) groups is 2. The van der Waals surface area contributed by atoms with Crippen molar-refractivity contribution in [1.82, 2.24) is 14.8 Å². The van der Waals surface area contributed by atoms with E-state index in [1.165, 1.54) is 4.90 Å². The van der Waals surface area contributed by atoms with E-state index in [1.54, 1.807) is 49.8 Å². The van der Waals surface area contributed by atoms with Crippen molar-refractivity contribution >= 4 is 17.4 Å². The van der Waals surface area contributed by atoms with Crippen molar-refractivity contribution in [3.8, 4) is 5.75 Å². The Labute approximate surface area is 170 Å². The largest absolute Gasteiger partial charge is 0.507 e. The Kier molecular flexibility index (Phi) is 5.98. The second-order valence-corrected chi connectivity index (χ2v) is 7.27. The van der Waals surface area contributed by atoms with Gasteiger partial charge in [-0.3, -0.25) is 14.6 Å². The van der Waals surface area contributed by atoms with Gasteiger partial charge in [-0.25, -0.2) is 0 Å². The Bertz CT molecular complexity index is 954. The Morgan fingerprint density at radius 3 is 2.62 bits per heavy atom. The molecule has 0 saturated carbocycles. The molecule has 1 aliphatic rings. The number of aromatic nitrogens is 1. The summed E-state index contributed by atoms with van der Waals surface area (Å²) >= 11 is 0. The SMILES string of the molecule is COc1ccc(C(O)=C2C(=O)C(=O)N(CCN(C)C)[C@@H]2c2cccnc2)cc1C. The van der Waals surface area contributed by atoms with Crippen LogP contribution in [0.1, 0.15) is 22.7 Å². The van der Waals surface area contributed by atoms with Gasteiger partial charge in [-0.15, -0.1) is 0 Å². The lowest BCUT2D eigenvalue weighted by Gasteiger charge is -2.26. The summed E-state index contributed by atoms with van der Waals surface area (Å²) in [5.41, 5.74) is 2.03. The minimum absolute atomic E-state index is 0.0753. The number of ketones is 1. The van der Waals surface area contributed by atoms with Gasteiger partial charge in [-0.1, -0.05) is 6.07 Å². The Morgan fingerprint density at radius 2 is 2.03 bits per heavy atom.